The number of para-hydroxylation sites is 1. The molecule has 92 valence electrons. The minimum absolute atomic E-state index is 0.533. The highest BCUT2D eigenvalue weighted by molar-refractivity contribution is 5.86. The Kier molecular flexibility index (Phi) is 2.70. The number of nitrogens with zero attached hydrogens (tertiary/aromatic N) is 1. The van der Waals surface area contributed by atoms with E-state index in [1.54, 1.807) is 0 Å². The summed E-state index contributed by atoms with van der Waals surface area (Å²) in [4.78, 5) is 0. The summed E-state index contributed by atoms with van der Waals surface area (Å²) in [6.07, 6.45) is -2.59. The summed E-state index contributed by atoms with van der Waals surface area (Å²) in [5.41, 5.74) is 6.43. The first-order valence-corrected chi connectivity index (χ1v) is 5.49. The molecule has 0 radical (unpaired) electrons. The zero-order chi connectivity index (χ0) is 12.8. The molecule has 1 aromatic carbocycles. The van der Waals surface area contributed by atoms with E-state index >= 15 is 0 Å². The quantitative estimate of drug-likeness (QED) is 0.856. The summed E-state index contributed by atoms with van der Waals surface area (Å²) in [6.45, 7) is 3.20. The average Bonchev–Trinajstić information content (AvgIpc) is 2.52. The second kappa shape index (κ2) is 3.81. The van der Waals surface area contributed by atoms with Gasteiger partial charge in [0.2, 0.25) is 0 Å². The van der Waals surface area contributed by atoms with E-state index in [-0.39, 0.29) is 0 Å². The van der Waals surface area contributed by atoms with Crippen molar-refractivity contribution in [3.8, 4) is 0 Å². The average molecular weight is 238 g/mol. The van der Waals surface area contributed by atoms with Gasteiger partial charge in [0.1, 0.15) is 5.54 Å². The second-order valence-corrected chi connectivity index (χ2v) is 4.62. The highest BCUT2D eigenvalue weighted by atomic mass is 19.3. The van der Waals surface area contributed by atoms with E-state index in [1.165, 1.54) is 6.92 Å². The molecule has 1 atom stereocenters. The molecule has 4 heteroatoms. The molecule has 0 fully saturated rings. The second-order valence-electron chi connectivity index (χ2n) is 4.62. The molecule has 0 amide bonds. The van der Waals surface area contributed by atoms with Gasteiger partial charge in [0.25, 0.3) is 6.43 Å². The van der Waals surface area contributed by atoms with E-state index in [1.807, 2.05) is 42.8 Å². The van der Waals surface area contributed by atoms with Crippen molar-refractivity contribution < 1.29 is 8.78 Å². The van der Waals surface area contributed by atoms with Gasteiger partial charge in [-0.1, -0.05) is 18.2 Å². The molecule has 0 bridgehead atoms. The number of alkyl halides is 2. The first-order valence-electron chi connectivity index (χ1n) is 5.49. The highest BCUT2D eigenvalue weighted by Gasteiger charge is 2.36. The summed E-state index contributed by atoms with van der Waals surface area (Å²) in [5.74, 6) is 0. The fraction of sp³-hybridized carbons (Fsp3) is 0.385. The number of hydrogen-bond donors (Lipinski definition) is 1. The normalized spacial score (nSPS) is 15.5. The molecule has 2 aromatic rings. The van der Waals surface area contributed by atoms with Crippen LogP contribution in [0.2, 0.25) is 0 Å². The van der Waals surface area contributed by atoms with Gasteiger partial charge in [0.05, 0.1) is 0 Å². The molecule has 0 aliphatic heterocycles. The first-order chi connectivity index (χ1) is 7.87. The number of aromatic nitrogens is 1. The lowest BCUT2D eigenvalue weighted by atomic mass is 9.91. The predicted octanol–water partition coefficient (Wildman–Crippen LogP) is 2.93. The molecule has 2 nitrogen and oxygen atoms in total. The molecule has 0 aliphatic rings. The van der Waals surface area contributed by atoms with Crippen LogP contribution >= 0.6 is 0 Å². The summed E-state index contributed by atoms with van der Waals surface area (Å²) in [7, 11) is 1.86. The largest absolute Gasteiger partial charge is 0.348 e. The van der Waals surface area contributed by atoms with Gasteiger partial charge in [-0.25, -0.2) is 8.78 Å². The van der Waals surface area contributed by atoms with Gasteiger partial charge in [-0.3, -0.25) is 0 Å². The van der Waals surface area contributed by atoms with Crippen molar-refractivity contribution >= 4 is 10.9 Å². The van der Waals surface area contributed by atoms with Crippen LogP contribution in [0.15, 0.2) is 24.3 Å². The Hall–Kier alpha value is -1.42. The van der Waals surface area contributed by atoms with Crippen LogP contribution in [0.5, 0.6) is 0 Å². The van der Waals surface area contributed by atoms with Crippen LogP contribution in [0.1, 0.15) is 18.2 Å². The van der Waals surface area contributed by atoms with Gasteiger partial charge in [-0.15, -0.1) is 0 Å². The number of nitrogens with two attached hydrogens (primary N) is 1. The van der Waals surface area contributed by atoms with Crippen molar-refractivity contribution in [2.24, 2.45) is 12.8 Å². The number of rotatable bonds is 2. The Morgan fingerprint density at radius 2 is 1.88 bits per heavy atom. The lowest BCUT2D eigenvalue weighted by Crippen LogP contribution is -2.41. The smallest absolute Gasteiger partial charge is 0.260 e. The van der Waals surface area contributed by atoms with Crippen LogP contribution in [0, 0.1) is 6.92 Å². The van der Waals surface area contributed by atoms with Crippen LogP contribution in [0.4, 0.5) is 8.78 Å². The van der Waals surface area contributed by atoms with E-state index in [2.05, 4.69) is 0 Å². The highest BCUT2D eigenvalue weighted by Crippen LogP contribution is 2.35. The third-order valence-electron chi connectivity index (χ3n) is 3.39. The third kappa shape index (κ3) is 1.63. The van der Waals surface area contributed by atoms with Crippen molar-refractivity contribution in [1.82, 2.24) is 4.57 Å². The van der Waals surface area contributed by atoms with Gasteiger partial charge in [-0.2, -0.15) is 0 Å². The van der Waals surface area contributed by atoms with Crippen molar-refractivity contribution in [2.75, 3.05) is 0 Å². The maximum atomic E-state index is 13.1. The fourth-order valence-corrected chi connectivity index (χ4v) is 2.31. The Balaban J connectivity index is 2.82. The molecule has 0 spiro atoms. The molecular formula is C13H16F2N2. The monoisotopic (exact) mass is 238 g/mol. The Bertz CT molecular complexity index is 556. The Morgan fingerprint density at radius 1 is 1.29 bits per heavy atom. The predicted molar refractivity (Wildman–Crippen MR) is 65.2 cm³/mol. The molecule has 2 rings (SSSR count). The van der Waals surface area contributed by atoms with Gasteiger partial charge in [0.15, 0.2) is 0 Å². The van der Waals surface area contributed by atoms with Crippen LogP contribution in [0.25, 0.3) is 10.9 Å². The summed E-state index contributed by atoms with van der Waals surface area (Å²) in [6, 6.07) is 7.48. The lowest BCUT2D eigenvalue weighted by Gasteiger charge is -2.24. The number of benzene rings is 1. The van der Waals surface area contributed by atoms with Crippen LogP contribution in [-0.2, 0) is 12.6 Å². The number of halogens is 2. The van der Waals surface area contributed by atoms with E-state index < -0.39 is 12.0 Å². The molecule has 1 aromatic heterocycles. The van der Waals surface area contributed by atoms with E-state index in [9.17, 15) is 8.78 Å². The first kappa shape index (κ1) is 12.0. The summed E-state index contributed by atoms with van der Waals surface area (Å²) in [5, 5.41) is 0.804. The van der Waals surface area contributed by atoms with Crippen LogP contribution < -0.4 is 5.73 Å². The number of hydrogen-bond acceptors (Lipinski definition) is 1. The number of aryl methyl sites for hydroxylation is 1. The van der Waals surface area contributed by atoms with Crippen molar-refractivity contribution in [3.63, 3.8) is 0 Å². The topological polar surface area (TPSA) is 30.9 Å². The van der Waals surface area contributed by atoms with Gasteiger partial charge >= 0.3 is 0 Å². The maximum Gasteiger partial charge on any atom is 0.260 e. The molecule has 17 heavy (non-hydrogen) atoms. The fourth-order valence-electron chi connectivity index (χ4n) is 2.31. The van der Waals surface area contributed by atoms with E-state index in [0.29, 0.717) is 5.56 Å². The third-order valence-corrected chi connectivity index (χ3v) is 3.39. The van der Waals surface area contributed by atoms with Crippen LogP contribution in [0.3, 0.4) is 0 Å². The molecule has 0 aliphatic carbocycles. The van der Waals surface area contributed by atoms with E-state index in [0.717, 1.165) is 16.6 Å². The van der Waals surface area contributed by atoms with Crippen LogP contribution in [-0.4, -0.2) is 11.0 Å². The summed E-state index contributed by atoms with van der Waals surface area (Å²) < 4.78 is 28.1. The van der Waals surface area contributed by atoms with Crippen molar-refractivity contribution in [2.45, 2.75) is 25.8 Å². The standard InChI is InChI=1S/C13H16F2N2/c1-8-11(13(2,16)12(14)15)9-6-4-5-7-10(9)17(8)3/h4-7,12H,16H2,1-3H3. The Labute approximate surface area is 99.0 Å². The molecule has 0 saturated carbocycles. The lowest BCUT2D eigenvalue weighted by molar-refractivity contribution is 0.0628. The maximum absolute atomic E-state index is 13.1. The van der Waals surface area contributed by atoms with Crippen molar-refractivity contribution in [1.29, 1.82) is 0 Å². The molecule has 1 unspecified atom stereocenters. The molecular weight excluding hydrogens is 222 g/mol. The zero-order valence-electron chi connectivity index (χ0n) is 10.2. The van der Waals surface area contributed by atoms with Gasteiger partial charge in [0, 0.05) is 29.2 Å². The molecule has 0 saturated heterocycles. The Morgan fingerprint density at radius 3 is 2.47 bits per heavy atom. The van der Waals surface area contributed by atoms with Crippen molar-refractivity contribution in [3.05, 3.63) is 35.5 Å². The minimum Gasteiger partial charge on any atom is -0.348 e. The van der Waals surface area contributed by atoms with E-state index in [4.69, 9.17) is 5.73 Å². The summed E-state index contributed by atoms with van der Waals surface area (Å²) >= 11 is 0. The zero-order valence-corrected chi connectivity index (χ0v) is 10.2. The SMILES string of the molecule is Cc1c(C(C)(N)C(F)F)c2ccccc2n1C. The molecule has 1 heterocycles. The number of fused-ring (bicyclic) bond motifs is 1. The minimum atomic E-state index is -2.59. The molecule has 2 N–H and O–H groups in total. The van der Waals surface area contributed by atoms with Gasteiger partial charge < -0.3 is 10.3 Å². The van der Waals surface area contributed by atoms with Gasteiger partial charge in [-0.05, 0) is 19.9 Å².